The van der Waals surface area contributed by atoms with Gasteiger partial charge in [-0.15, -0.1) is 0 Å². The summed E-state index contributed by atoms with van der Waals surface area (Å²) in [6, 6.07) is 17.5. The van der Waals surface area contributed by atoms with Gasteiger partial charge >= 0.3 is 11.6 Å². The molecule has 0 unspecified atom stereocenters. The molecular weight excluding hydrogens is 396 g/mol. The summed E-state index contributed by atoms with van der Waals surface area (Å²) in [6.45, 7) is 2.42. The number of methoxy groups -OCH3 is 1. The van der Waals surface area contributed by atoms with Crippen molar-refractivity contribution in [1.29, 1.82) is 0 Å². The van der Waals surface area contributed by atoms with Crippen molar-refractivity contribution >= 4 is 33.8 Å². The third kappa shape index (κ3) is 4.28. The van der Waals surface area contributed by atoms with Gasteiger partial charge in [0.2, 0.25) is 0 Å². The molecule has 6 heteroatoms. The highest BCUT2D eigenvalue weighted by Crippen LogP contribution is 2.29. The van der Waals surface area contributed by atoms with E-state index >= 15 is 0 Å². The van der Waals surface area contributed by atoms with Crippen molar-refractivity contribution in [2.75, 3.05) is 13.7 Å². The molecule has 156 valence electrons. The van der Waals surface area contributed by atoms with Crippen LogP contribution in [0.2, 0.25) is 0 Å². The highest BCUT2D eigenvalue weighted by atomic mass is 16.5. The number of carbonyl (C=O) groups is 1. The van der Waals surface area contributed by atoms with Gasteiger partial charge in [0.05, 0.1) is 19.1 Å². The first-order chi connectivity index (χ1) is 15.1. The van der Waals surface area contributed by atoms with E-state index < -0.39 is 11.6 Å². The maximum atomic E-state index is 12.3. The van der Waals surface area contributed by atoms with E-state index in [2.05, 4.69) is 0 Å². The van der Waals surface area contributed by atoms with E-state index in [0.717, 1.165) is 16.3 Å². The first-order valence-electron chi connectivity index (χ1n) is 9.75. The molecule has 4 rings (SSSR count). The zero-order chi connectivity index (χ0) is 21.8. The summed E-state index contributed by atoms with van der Waals surface area (Å²) in [5.41, 5.74) is 0.679. The minimum Gasteiger partial charge on any atom is -0.493 e. The van der Waals surface area contributed by atoms with E-state index in [9.17, 15) is 9.59 Å². The van der Waals surface area contributed by atoms with Gasteiger partial charge in [-0.3, -0.25) is 0 Å². The topological polar surface area (TPSA) is 75.0 Å². The highest BCUT2D eigenvalue weighted by molar-refractivity contribution is 6.04. The molecule has 31 heavy (non-hydrogen) atoms. The van der Waals surface area contributed by atoms with Crippen molar-refractivity contribution < 1.29 is 23.4 Å². The molecule has 0 radical (unpaired) electrons. The Hall–Kier alpha value is -4.06. The monoisotopic (exact) mass is 416 g/mol. The molecule has 0 spiro atoms. The van der Waals surface area contributed by atoms with Crippen LogP contribution in [0.4, 0.5) is 0 Å². The summed E-state index contributed by atoms with van der Waals surface area (Å²) in [5, 5.41) is 2.07. The molecule has 6 nitrogen and oxygen atoms in total. The lowest BCUT2D eigenvalue weighted by Gasteiger charge is -2.09. The second-order valence-electron chi connectivity index (χ2n) is 6.69. The van der Waals surface area contributed by atoms with Crippen LogP contribution in [0.25, 0.3) is 27.8 Å². The molecule has 3 aromatic carbocycles. The Balaban J connectivity index is 1.54. The number of ether oxygens (including phenoxy) is 3. The lowest BCUT2D eigenvalue weighted by molar-refractivity contribution is -0.128. The first kappa shape index (κ1) is 20.2. The van der Waals surface area contributed by atoms with Crippen LogP contribution in [0.15, 0.2) is 76.0 Å². The predicted molar refractivity (Wildman–Crippen MR) is 119 cm³/mol. The molecule has 0 aliphatic rings. The molecule has 1 heterocycles. The Labute approximate surface area is 178 Å². The van der Waals surface area contributed by atoms with Gasteiger partial charge in [0.25, 0.3) is 0 Å². The summed E-state index contributed by atoms with van der Waals surface area (Å²) in [7, 11) is 1.56. The quantitative estimate of drug-likeness (QED) is 0.145. The summed E-state index contributed by atoms with van der Waals surface area (Å²) in [5.74, 6) is 0.934. The molecule has 1 aromatic heterocycles. The van der Waals surface area contributed by atoms with Gasteiger partial charge in [-0.1, -0.05) is 24.3 Å². The van der Waals surface area contributed by atoms with Crippen LogP contribution in [-0.2, 0) is 4.79 Å². The van der Waals surface area contributed by atoms with Crippen LogP contribution < -0.4 is 19.8 Å². The Kier molecular flexibility index (Phi) is 5.71. The molecule has 0 saturated carbocycles. The number of carbonyl (C=O) groups excluding carboxylic acids is 1. The number of hydrogen-bond acceptors (Lipinski definition) is 6. The van der Waals surface area contributed by atoms with Crippen LogP contribution in [0, 0.1) is 0 Å². The zero-order valence-electron chi connectivity index (χ0n) is 17.1. The average Bonchev–Trinajstić information content (AvgIpc) is 2.78. The molecule has 0 aliphatic carbocycles. The maximum absolute atomic E-state index is 12.3. The van der Waals surface area contributed by atoms with E-state index in [1.807, 2.05) is 25.1 Å². The average molecular weight is 416 g/mol. The summed E-state index contributed by atoms with van der Waals surface area (Å²) >= 11 is 0. The van der Waals surface area contributed by atoms with Gasteiger partial charge < -0.3 is 18.6 Å². The number of esters is 1. The van der Waals surface area contributed by atoms with Crippen LogP contribution in [0.1, 0.15) is 12.5 Å². The lowest BCUT2D eigenvalue weighted by atomic mass is 10.1. The third-order valence-electron chi connectivity index (χ3n) is 4.71. The standard InChI is InChI=1S/C25H20O6/c1-3-29-21-12-8-16(14-23(21)28-2)9-13-24(26)30-17-10-11-19-18-6-4-5-7-20(18)25(27)31-22(19)15-17/h4-15H,3H2,1-2H3/b13-9+. The second kappa shape index (κ2) is 8.75. The van der Waals surface area contributed by atoms with Gasteiger partial charge in [0, 0.05) is 17.5 Å². The fourth-order valence-electron chi connectivity index (χ4n) is 3.30. The van der Waals surface area contributed by atoms with Crippen molar-refractivity contribution in [3.8, 4) is 17.2 Å². The number of benzene rings is 3. The van der Waals surface area contributed by atoms with Gasteiger partial charge in [0.15, 0.2) is 11.5 Å². The Morgan fingerprint density at radius 3 is 2.55 bits per heavy atom. The Morgan fingerprint density at radius 1 is 0.968 bits per heavy atom. The Morgan fingerprint density at radius 2 is 1.77 bits per heavy atom. The second-order valence-corrected chi connectivity index (χ2v) is 6.69. The summed E-state index contributed by atoms with van der Waals surface area (Å²) < 4.78 is 21.6. The van der Waals surface area contributed by atoms with Crippen molar-refractivity contribution in [2.45, 2.75) is 6.92 Å². The number of hydrogen-bond donors (Lipinski definition) is 0. The summed E-state index contributed by atoms with van der Waals surface area (Å²) in [6.07, 6.45) is 2.94. The molecule has 4 aromatic rings. The van der Waals surface area contributed by atoms with Crippen molar-refractivity contribution in [3.63, 3.8) is 0 Å². The van der Waals surface area contributed by atoms with E-state index in [1.54, 1.807) is 49.6 Å². The SMILES string of the molecule is CCOc1ccc(/C=C/C(=O)Oc2ccc3c(c2)oc(=O)c2ccccc23)cc1OC. The minimum absolute atomic E-state index is 0.282. The molecule has 0 N–H and O–H groups in total. The van der Waals surface area contributed by atoms with Gasteiger partial charge in [-0.25, -0.2) is 9.59 Å². The van der Waals surface area contributed by atoms with Crippen molar-refractivity contribution in [2.24, 2.45) is 0 Å². The van der Waals surface area contributed by atoms with Crippen LogP contribution in [0.3, 0.4) is 0 Å². The molecular formula is C25H20O6. The van der Waals surface area contributed by atoms with E-state index in [1.165, 1.54) is 12.1 Å². The zero-order valence-corrected chi connectivity index (χ0v) is 17.1. The number of rotatable bonds is 6. The van der Waals surface area contributed by atoms with Gasteiger partial charge in [-0.2, -0.15) is 0 Å². The highest BCUT2D eigenvalue weighted by Gasteiger charge is 2.09. The van der Waals surface area contributed by atoms with Crippen LogP contribution >= 0.6 is 0 Å². The van der Waals surface area contributed by atoms with Crippen LogP contribution in [-0.4, -0.2) is 19.7 Å². The third-order valence-corrected chi connectivity index (χ3v) is 4.71. The fourth-order valence-corrected chi connectivity index (χ4v) is 3.30. The first-order valence-corrected chi connectivity index (χ1v) is 9.75. The smallest absolute Gasteiger partial charge is 0.344 e. The molecule has 0 bridgehead atoms. The Bertz CT molecular complexity index is 1350. The maximum Gasteiger partial charge on any atom is 0.344 e. The molecule has 0 amide bonds. The van der Waals surface area contributed by atoms with E-state index in [-0.39, 0.29) is 5.75 Å². The molecule has 0 saturated heterocycles. The fraction of sp³-hybridized carbons (Fsp3) is 0.120. The minimum atomic E-state index is -0.560. The predicted octanol–water partition coefficient (Wildman–Crippen LogP) is 4.97. The van der Waals surface area contributed by atoms with Crippen LogP contribution in [0.5, 0.6) is 17.2 Å². The summed E-state index contributed by atoms with van der Waals surface area (Å²) in [4.78, 5) is 24.5. The largest absolute Gasteiger partial charge is 0.493 e. The molecule has 0 atom stereocenters. The molecule has 0 aliphatic heterocycles. The van der Waals surface area contributed by atoms with E-state index in [0.29, 0.717) is 29.1 Å². The molecule has 0 fully saturated rings. The number of fused-ring (bicyclic) bond motifs is 3. The lowest BCUT2D eigenvalue weighted by Crippen LogP contribution is -2.04. The van der Waals surface area contributed by atoms with E-state index in [4.69, 9.17) is 18.6 Å². The normalized spacial score (nSPS) is 11.2. The van der Waals surface area contributed by atoms with Gasteiger partial charge in [0.1, 0.15) is 11.3 Å². The van der Waals surface area contributed by atoms with Crippen molar-refractivity contribution in [3.05, 3.63) is 82.7 Å². The van der Waals surface area contributed by atoms with Crippen molar-refractivity contribution in [1.82, 2.24) is 0 Å². The van der Waals surface area contributed by atoms with Gasteiger partial charge in [-0.05, 0) is 54.3 Å².